The lowest BCUT2D eigenvalue weighted by molar-refractivity contribution is -0.116. The standard InChI is InChI=1S/C16H17N3O3/c1-17-14(20)8-5-9-18-16(21)12-10-15(22-2)19-13-7-4-3-6-11(12)13/h3-8,10H,9H2,1-2H3,(H,17,20)(H,18,21)/b8-5+. The SMILES string of the molecule is CNC(=O)/C=C/CNC(=O)c1cc(OC)nc2ccccc12. The van der Waals surface area contributed by atoms with Gasteiger partial charge in [0.2, 0.25) is 11.8 Å². The minimum Gasteiger partial charge on any atom is -0.481 e. The molecule has 0 saturated heterocycles. The third-order valence-corrected chi connectivity index (χ3v) is 3.04. The zero-order valence-corrected chi connectivity index (χ0v) is 12.4. The molecular formula is C16H17N3O3. The number of methoxy groups -OCH3 is 1. The number of aromatic nitrogens is 1. The Bertz CT molecular complexity index is 726. The van der Waals surface area contributed by atoms with Crippen molar-refractivity contribution in [2.45, 2.75) is 0 Å². The van der Waals surface area contributed by atoms with Gasteiger partial charge in [-0.15, -0.1) is 0 Å². The van der Waals surface area contributed by atoms with E-state index in [-0.39, 0.29) is 18.4 Å². The molecule has 22 heavy (non-hydrogen) atoms. The topological polar surface area (TPSA) is 80.3 Å². The first kappa shape index (κ1) is 15.5. The Kier molecular flexibility index (Phi) is 5.08. The molecule has 6 nitrogen and oxygen atoms in total. The molecule has 0 atom stereocenters. The monoisotopic (exact) mass is 299 g/mol. The average molecular weight is 299 g/mol. The van der Waals surface area contributed by atoms with Gasteiger partial charge in [-0.3, -0.25) is 9.59 Å². The molecule has 0 aliphatic rings. The number of nitrogens with one attached hydrogen (secondary N) is 2. The molecule has 0 spiro atoms. The Morgan fingerprint density at radius 2 is 2.09 bits per heavy atom. The van der Waals surface area contributed by atoms with Gasteiger partial charge in [0.05, 0.1) is 18.2 Å². The summed E-state index contributed by atoms with van der Waals surface area (Å²) in [6.07, 6.45) is 2.95. The largest absolute Gasteiger partial charge is 0.481 e. The summed E-state index contributed by atoms with van der Waals surface area (Å²) in [5, 5.41) is 5.94. The number of hydrogen-bond acceptors (Lipinski definition) is 4. The van der Waals surface area contributed by atoms with Crippen LogP contribution < -0.4 is 15.4 Å². The summed E-state index contributed by atoms with van der Waals surface area (Å²) in [6, 6.07) is 8.94. The summed E-state index contributed by atoms with van der Waals surface area (Å²) in [4.78, 5) is 27.7. The number of likely N-dealkylation sites (N-methyl/N-ethyl adjacent to an activating group) is 1. The Balaban J connectivity index is 2.20. The van der Waals surface area contributed by atoms with Gasteiger partial charge in [0.25, 0.3) is 5.91 Å². The molecular weight excluding hydrogens is 282 g/mol. The van der Waals surface area contributed by atoms with E-state index in [0.29, 0.717) is 17.0 Å². The average Bonchev–Trinajstić information content (AvgIpc) is 2.57. The molecule has 1 heterocycles. The number of carbonyl (C=O) groups is 2. The van der Waals surface area contributed by atoms with Crippen LogP contribution >= 0.6 is 0 Å². The number of nitrogens with zero attached hydrogens (tertiary/aromatic N) is 1. The van der Waals surface area contributed by atoms with Crippen molar-refractivity contribution >= 4 is 22.7 Å². The second-order valence-electron chi connectivity index (χ2n) is 4.46. The summed E-state index contributed by atoms with van der Waals surface area (Å²) < 4.78 is 5.13. The minimum atomic E-state index is -0.251. The lowest BCUT2D eigenvalue weighted by atomic mass is 10.1. The van der Waals surface area contributed by atoms with Crippen molar-refractivity contribution in [2.24, 2.45) is 0 Å². The first-order chi connectivity index (χ1) is 10.7. The van der Waals surface area contributed by atoms with Crippen molar-refractivity contribution in [3.8, 4) is 5.88 Å². The van der Waals surface area contributed by atoms with Crippen LogP contribution in [-0.4, -0.2) is 37.5 Å². The normalized spacial score (nSPS) is 10.6. The molecule has 2 N–H and O–H groups in total. The van der Waals surface area contributed by atoms with Crippen molar-refractivity contribution in [2.75, 3.05) is 20.7 Å². The molecule has 0 radical (unpaired) electrons. The molecule has 6 heteroatoms. The van der Waals surface area contributed by atoms with E-state index < -0.39 is 0 Å². The van der Waals surface area contributed by atoms with E-state index in [2.05, 4.69) is 15.6 Å². The van der Waals surface area contributed by atoms with Gasteiger partial charge in [-0.1, -0.05) is 24.3 Å². The number of hydrogen-bond donors (Lipinski definition) is 2. The van der Waals surface area contributed by atoms with E-state index in [1.54, 1.807) is 19.2 Å². The maximum Gasteiger partial charge on any atom is 0.252 e. The lowest BCUT2D eigenvalue weighted by Crippen LogP contribution is -2.24. The molecule has 2 amide bonds. The predicted molar refractivity (Wildman–Crippen MR) is 83.8 cm³/mol. The highest BCUT2D eigenvalue weighted by molar-refractivity contribution is 6.06. The maximum absolute atomic E-state index is 12.3. The number of fused-ring (bicyclic) bond motifs is 1. The summed E-state index contributed by atoms with van der Waals surface area (Å²) in [6.45, 7) is 0.255. The van der Waals surface area contributed by atoms with Crippen molar-refractivity contribution in [3.05, 3.63) is 48.0 Å². The van der Waals surface area contributed by atoms with Crippen LogP contribution in [0.1, 0.15) is 10.4 Å². The van der Waals surface area contributed by atoms with Gasteiger partial charge >= 0.3 is 0 Å². The van der Waals surface area contributed by atoms with E-state index in [4.69, 9.17) is 4.74 Å². The zero-order chi connectivity index (χ0) is 15.9. The van der Waals surface area contributed by atoms with Crippen LogP contribution in [0.2, 0.25) is 0 Å². The molecule has 0 bridgehead atoms. The Morgan fingerprint density at radius 1 is 1.32 bits per heavy atom. The Labute approximate surface area is 128 Å². The molecule has 0 aliphatic heterocycles. The fourth-order valence-electron chi connectivity index (χ4n) is 1.94. The minimum absolute atomic E-state index is 0.217. The van der Waals surface area contributed by atoms with Gasteiger partial charge in [-0.2, -0.15) is 0 Å². The number of carbonyl (C=O) groups excluding carboxylic acids is 2. The van der Waals surface area contributed by atoms with E-state index in [0.717, 1.165) is 5.39 Å². The van der Waals surface area contributed by atoms with Gasteiger partial charge in [-0.05, 0) is 6.07 Å². The van der Waals surface area contributed by atoms with E-state index in [9.17, 15) is 9.59 Å². The number of pyridine rings is 1. The van der Waals surface area contributed by atoms with Crippen LogP contribution in [0.3, 0.4) is 0 Å². The number of ether oxygens (including phenoxy) is 1. The summed E-state index contributed by atoms with van der Waals surface area (Å²) >= 11 is 0. The second kappa shape index (κ2) is 7.21. The predicted octanol–water partition coefficient (Wildman–Crippen LogP) is 1.28. The zero-order valence-electron chi connectivity index (χ0n) is 12.4. The molecule has 1 aromatic heterocycles. The number of rotatable bonds is 5. The van der Waals surface area contributed by atoms with Crippen molar-refractivity contribution in [3.63, 3.8) is 0 Å². The number of benzene rings is 1. The first-order valence-electron chi connectivity index (χ1n) is 6.76. The van der Waals surface area contributed by atoms with Gasteiger partial charge < -0.3 is 15.4 Å². The Morgan fingerprint density at radius 3 is 2.82 bits per heavy atom. The van der Waals surface area contributed by atoms with Crippen LogP contribution in [0.25, 0.3) is 10.9 Å². The summed E-state index contributed by atoms with van der Waals surface area (Å²) in [5.74, 6) is -0.0894. The van der Waals surface area contributed by atoms with Crippen LogP contribution in [0.4, 0.5) is 0 Å². The molecule has 0 unspecified atom stereocenters. The highest BCUT2D eigenvalue weighted by Gasteiger charge is 2.12. The molecule has 0 saturated carbocycles. The van der Waals surface area contributed by atoms with Crippen molar-refractivity contribution in [1.82, 2.24) is 15.6 Å². The number of para-hydroxylation sites is 1. The molecule has 2 rings (SSSR count). The van der Waals surface area contributed by atoms with Crippen LogP contribution in [-0.2, 0) is 4.79 Å². The lowest BCUT2D eigenvalue weighted by Gasteiger charge is -2.08. The quantitative estimate of drug-likeness (QED) is 0.815. The first-order valence-corrected chi connectivity index (χ1v) is 6.76. The maximum atomic E-state index is 12.3. The Hall–Kier alpha value is -2.89. The smallest absolute Gasteiger partial charge is 0.252 e. The van der Waals surface area contributed by atoms with E-state index in [1.165, 1.54) is 13.2 Å². The van der Waals surface area contributed by atoms with Crippen LogP contribution in [0.5, 0.6) is 5.88 Å². The highest BCUT2D eigenvalue weighted by Crippen LogP contribution is 2.21. The third-order valence-electron chi connectivity index (χ3n) is 3.04. The van der Waals surface area contributed by atoms with Crippen molar-refractivity contribution in [1.29, 1.82) is 0 Å². The fraction of sp³-hybridized carbons (Fsp3) is 0.188. The van der Waals surface area contributed by atoms with E-state index in [1.807, 2.05) is 24.3 Å². The molecule has 0 aliphatic carbocycles. The molecule has 114 valence electrons. The second-order valence-corrected chi connectivity index (χ2v) is 4.46. The summed E-state index contributed by atoms with van der Waals surface area (Å²) in [5.41, 5.74) is 1.17. The fourth-order valence-corrected chi connectivity index (χ4v) is 1.94. The van der Waals surface area contributed by atoms with Crippen LogP contribution in [0.15, 0.2) is 42.5 Å². The number of amides is 2. The highest BCUT2D eigenvalue weighted by atomic mass is 16.5. The third kappa shape index (κ3) is 3.60. The van der Waals surface area contributed by atoms with Gasteiger partial charge in [0, 0.05) is 31.1 Å². The van der Waals surface area contributed by atoms with Gasteiger partial charge in [-0.25, -0.2) is 4.98 Å². The van der Waals surface area contributed by atoms with Crippen LogP contribution in [0, 0.1) is 0 Å². The molecule has 2 aromatic rings. The van der Waals surface area contributed by atoms with E-state index >= 15 is 0 Å². The van der Waals surface area contributed by atoms with Gasteiger partial charge in [0.1, 0.15) is 0 Å². The summed E-state index contributed by atoms with van der Waals surface area (Å²) in [7, 11) is 3.05. The molecule has 1 aromatic carbocycles. The molecule has 0 fully saturated rings. The van der Waals surface area contributed by atoms with Crippen molar-refractivity contribution < 1.29 is 14.3 Å². The van der Waals surface area contributed by atoms with Gasteiger partial charge in [0.15, 0.2) is 0 Å².